The number of methoxy groups -OCH3 is 1. The van der Waals surface area contributed by atoms with Crippen molar-refractivity contribution in [1.82, 2.24) is 0 Å². The molecule has 0 radical (unpaired) electrons. The molecule has 0 saturated heterocycles. The van der Waals surface area contributed by atoms with E-state index in [0.717, 1.165) is 5.39 Å². The Morgan fingerprint density at radius 2 is 2.00 bits per heavy atom. The SMILES string of the molecule is COc1cccc2ccc(C(=O)O)c(O)c12. The molecule has 0 aliphatic rings. The van der Waals surface area contributed by atoms with Crippen LogP contribution in [0.25, 0.3) is 10.8 Å². The lowest BCUT2D eigenvalue weighted by molar-refractivity contribution is 0.0694. The van der Waals surface area contributed by atoms with Crippen LogP contribution in [0.1, 0.15) is 10.4 Å². The van der Waals surface area contributed by atoms with Crippen LogP contribution in [0.3, 0.4) is 0 Å². The Hall–Kier alpha value is -2.23. The van der Waals surface area contributed by atoms with Gasteiger partial charge in [-0.2, -0.15) is 0 Å². The fraction of sp³-hybridized carbons (Fsp3) is 0.0833. The van der Waals surface area contributed by atoms with Crippen molar-refractivity contribution in [2.24, 2.45) is 0 Å². The zero-order valence-electron chi connectivity index (χ0n) is 8.60. The van der Waals surface area contributed by atoms with Gasteiger partial charge in [0.05, 0.1) is 12.5 Å². The predicted molar refractivity (Wildman–Crippen MR) is 59.1 cm³/mol. The number of fused-ring (bicyclic) bond motifs is 1. The monoisotopic (exact) mass is 218 g/mol. The second-order valence-corrected chi connectivity index (χ2v) is 3.33. The zero-order chi connectivity index (χ0) is 11.7. The molecule has 4 heteroatoms. The molecule has 0 aliphatic carbocycles. The third-order valence-corrected chi connectivity index (χ3v) is 2.43. The van der Waals surface area contributed by atoms with Crippen LogP contribution < -0.4 is 4.74 Å². The standard InChI is InChI=1S/C12H10O4/c1-16-9-4-2-3-7-5-6-8(12(14)15)11(13)10(7)9/h2-6,13H,1H3,(H,14,15). The van der Waals surface area contributed by atoms with Crippen LogP contribution >= 0.6 is 0 Å². The molecule has 2 rings (SSSR count). The molecule has 0 aliphatic heterocycles. The fourth-order valence-corrected chi connectivity index (χ4v) is 1.67. The highest BCUT2D eigenvalue weighted by Gasteiger charge is 2.15. The molecule has 0 amide bonds. The van der Waals surface area contributed by atoms with E-state index >= 15 is 0 Å². The molecule has 2 aromatic carbocycles. The number of phenols is 1. The number of ether oxygens (including phenoxy) is 1. The first-order valence-electron chi connectivity index (χ1n) is 4.67. The Balaban J connectivity index is 2.86. The van der Waals surface area contributed by atoms with Gasteiger partial charge in [-0.15, -0.1) is 0 Å². The van der Waals surface area contributed by atoms with E-state index in [-0.39, 0.29) is 11.3 Å². The molecule has 0 spiro atoms. The van der Waals surface area contributed by atoms with Crippen molar-refractivity contribution < 1.29 is 19.7 Å². The largest absolute Gasteiger partial charge is 0.506 e. The number of hydrogen-bond donors (Lipinski definition) is 2. The normalized spacial score (nSPS) is 10.3. The van der Waals surface area contributed by atoms with Crippen molar-refractivity contribution in [2.45, 2.75) is 0 Å². The fourth-order valence-electron chi connectivity index (χ4n) is 1.67. The van der Waals surface area contributed by atoms with Gasteiger partial charge in [0.1, 0.15) is 17.1 Å². The Labute approximate surface area is 91.7 Å². The second-order valence-electron chi connectivity index (χ2n) is 3.33. The summed E-state index contributed by atoms with van der Waals surface area (Å²) in [6.45, 7) is 0. The first kappa shape index (κ1) is 10.3. The molecule has 0 unspecified atom stereocenters. The summed E-state index contributed by atoms with van der Waals surface area (Å²) in [5.74, 6) is -0.967. The number of carboxylic acids is 1. The smallest absolute Gasteiger partial charge is 0.339 e. The minimum Gasteiger partial charge on any atom is -0.506 e. The Morgan fingerprint density at radius 3 is 2.62 bits per heavy atom. The van der Waals surface area contributed by atoms with Crippen molar-refractivity contribution in [3.63, 3.8) is 0 Å². The Bertz CT molecular complexity index is 560. The number of aromatic hydroxyl groups is 1. The van der Waals surface area contributed by atoms with Crippen LogP contribution in [0.4, 0.5) is 0 Å². The van der Waals surface area contributed by atoms with Gasteiger partial charge in [-0.1, -0.05) is 18.2 Å². The second kappa shape index (κ2) is 3.73. The maximum Gasteiger partial charge on any atom is 0.339 e. The van der Waals surface area contributed by atoms with E-state index in [4.69, 9.17) is 9.84 Å². The van der Waals surface area contributed by atoms with E-state index < -0.39 is 5.97 Å². The van der Waals surface area contributed by atoms with Gasteiger partial charge in [0.25, 0.3) is 0 Å². The summed E-state index contributed by atoms with van der Waals surface area (Å²) >= 11 is 0. The molecule has 0 bridgehead atoms. The van der Waals surface area contributed by atoms with Crippen molar-refractivity contribution in [3.05, 3.63) is 35.9 Å². The average molecular weight is 218 g/mol. The number of hydrogen-bond acceptors (Lipinski definition) is 3. The molecular formula is C12H10O4. The van der Waals surface area contributed by atoms with Crippen molar-refractivity contribution >= 4 is 16.7 Å². The van der Waals surface area contributed by atoms with Gasteiger partial charge < -0.3 is 14.9 Å². The first-order valence-corrected chi connectivity index (χ1v) is 4.67. The van der Waals surface area contributed by atoms with Crippen molar-refractivity contribution in [1.29, 1.82) is 0 Å². The van der Waals surface area contributed by atoms with Gasteiger partial charge in [-0.3, -0.25) is 0 Å². The van der Waals surface area contributed by atoms with Gasteiger partial charge in [0.2, 0.25) is 0 Å². The Kier molecular flexibility index (Phi) is 2.40. The van der Waals surface area contributed by atoms with Crippen LogP contribution in [0.5, 0.6) is 11.5 Å². The number of benzene rings is 2. The lowest BCUT2D eigenvalue weighted by atomic mass is 10.0. The molecule has 0 saturated carbocycles. The van der Waals surface area contributed by atoms with Gasteiger partial charge in [-0.05, 0) is 17.5 Å². The summed E-state index contributed by atoms with van der Waals surface area (Å²) in [6, 6.07) is 8.25. The summed E-state index contributed by atoms with van der Waals surface area (Å²) in [4.78, 5) is 10.9. The maximum atomic E-state index is 10.9. The molecule has 2 aromatic rings. The van der Waals surface area contributed by atoms with E-state index in [1.807, 2.05) is 0 Å². The molecule has 0 heterocycles. The van der Waals surface area contributed by atoms with E-state index in [2.05, 4.69) is 0 Å². The van der Waals surface area contributed by atoms with Crippen LogP contribution in [0, 0.1) is 0 Å². The number of carboxylic acid groups (broad SMARTS) is 1. The lowest BCUT2D eigenvalue weighted by Crippen LogP contribution is -1.97. The number of rotatable bonds is 2. The van der Waals surface area contributed by atoms with E-state index in [1.54, 1.807) is 24.3 Å². The molecule has 2 N–H and O–H groups in total. The van der Waals surface area contributed by atoms with E-state index in [9.17, 15) is 9.90 Å². The van der Waals surface area contributed by atoms with Crippen LogP contribution in [-0.4, -0.2) is 23.3 Å². The molecule has 82 valence electrons. The summed E-state index contributed by atoms with van der Waals surface area (Å²) < 4.78 is 5.09. The molecule has 0 atom stereocenters. The lowest BCUT2D eigenvalue weighted by Gasteiger charge is -2.08. The van der Waals surface area contributed by atoms with Crippen LogP contribution in [-0.2, 0) is 0 Å². The van der Waals surface area contributed by atoms with Gasteiger partial charge >= 0.3 is 5.97 Å². The summed E-state index contributed by atoms with van der Waals surface area (Å²) in [6.07, 6.45) is 0. The van der Waals surface area contributed by atoms with E-state index in [1.165, 1.54) is 13.2 Å². The molecule has 0 aromatic heterocycles. The first-order chi connectivity index (χ1) is 7.65. The minimum atomic E-state index is -1.16. The maximum absolute atomic E-state index is 10.9. The third kappa shape index (κ3) is 1.44. The summed E-state index contributed by atoms with van der Waals surface area (Å²) in [5.41, 5.74) is -0.128. The highest BCUT2D eigenvalue weighted by molar-refractivity contribution is 6.02. The minimum absolute atomic E-state index is 0.128. The summed E-state index contributed by atoms with van der Waals surface area (Å²) in [7, 11) is 1.47. The topological polar surface area (TPSA) is 66.8 Å². The highest BCUT2D eigenvalue weighted by Crippen LogP contribution is 2.35. The molecule has 4 nitrogen and oxygen atoms in total. The summed E-state index contributed by atoms with van der Waals surface area (Å²) in [5, 5.41) is 19.9. The van der Waals surface area contributed by atoms with E-state index in [0.29, 0.717) is 11.1 Å². The predicted octanol–water partition coefficient (Wildman–Crippen LogP) is 2.25. The zero-order valence-corrected chi connectivity index (χ0v) is 8.60. The van der Waals surface area contributed by atoms with Gasteiger partial charge in [0.15, 0.2) is 0 Å². The van der Waals surface area contributed by atoms with Crippen LogP contribution in [0.15, 0.2) is 30.3 Å². The number of carbonyl (C=O) groups is 1. The average Bonchev–Trinajstić information content (AvgIpc) is 2.28. The highest BCUT2D eigenvalue weighted by atomic mass is 16.5. The molecule has 0 fully saturated rings. The third-order valence-electron chi connectivity index (χ3n) is 2.43. The molecule has 16 heavy (non-hydrogen) atoms. The van der Waals surface area contributed by atoms with Crippen LogP contribution in [0.2, 0.25) is 0 Å². The van der Waals surface area contributed by atoms with Crippen molar-refractivity contribution in [2.75, 3.05) is 7.11 Å². The quantitative estimate of drug-likeness (QED) is 0.811. The molecular weight excluding hydrogens is 208 g/mol. The Morgan fingerprint density at radius 1 is 1.25 bits per heavy atom. The number of aromatic carboxylic acids is 1. The van der Waals surface area contributed by atoms with Crippen molar-refractivity contribution in [3.8, 4) is 11.5 Å². The van der Waals surface area contributed by atoms with Gasteiger partial charge in [0, 0.05) is 0 Å². The van der Waals surface area contributed by atoms with Gasteiger partial charge in [-0.25, -0.2) is 4.79 Å².